The van der Waals surface area contributed by atoms with Crippen molar-refractivity contribution >= 4 is 22.9 Å². The van der Waals surface area contributed by atoms with E-state index in [0.717, 1.165) is 22.8 Å². The summed E-state index contributed by atoms with van der Waals surface area (Å²) in [6.07, 6.45) is 0. The predicted molar refractivity (Wildman–Crippen MR) is 88.7 cm³/mol. The summed E-state index contributed by atoms with van der Waals surface area (Å²) in [5, 5.41) is 1.94. The molecule has 20 heavy (non-hydrogen) atoms. The van der Waals surface area contributed by atoms with Gasteiger partial charge < -0.3 is 4.90 Å². The molecule has 108 valence electrons. The molecule has 0 unspecified atom stereocenters. The molecule has 1 aromatic carbocycles. The number of nitrogens with zero attached hydrogens (tertiary/aromatic N) is 2. The van der Waals surface area contributed by atoms with E-state index in [9.17, 15) is 0 Å². The van der Waals surface area contributed by atoms with Gasteiger partial charge in [0.25, 0.3) is 0 Å². The first-order valence-electron chi connectivity index (χ1n) is 6.68. The van der Waals surface area contributed by atoms with Crippen molar-refractivity contribution in [2.75, 3.05) is 14.1 Å². The van der Waals surface area contributed by atoms with Gasteiger partial charge in [-0.25, -0.2) is 4.98 Å². The maximum absolute atomic E-state index is 5.98. The number of hydrogen-bond donors (Lipinski definition) is 0. The number of hydrogen-bond acceptors (Lipinski definition) is 3. The first-order valence-corrected chi connectivity index (χ1v) is 7.87. The van der Waals surface area contributed by atoms with Crippen LogP contribution >= 0.6 is 22.9 Å². The topological polar surface area (TPSA) is 16.1 Å². The summed E-state index contributed by atoms with van der Waals surface area (Å²) < 4.78 is 0. The summed E-state index contributed by atoms with van der Waals surface area (Å²) >= 11 is 7.78. The highest BCUT2D eigenvalue weighted by Crippen LogP contribution is 2.35. The van der Waals surface area contributed by atoms with E-state index in [0.29, 0.717) is 0 Å². The minimum Gasteiger partial charge on any atom is -0.304 e. The molecule has 0 N–H and O–H groups in total. The fourth-order valence-corrected chi connectivity index (χ4v) is 3.29. The van der Waals surface area contributed by atoms with E-state index in [4.69, 9.17) is 16.6 Å². The third-order valence-corrected chi connectivity index (χ3v) is 4.63. The Morgan fingerprint density at radius 2 is 1.75 bits per heavy atom. The molecule has 2 rings (SSSR count). The molecule has 1 heterocycles. The SMILES string of the molecule is CN(C)Cc1sc(C(C)(C)C)nc1-c1ccc(Cl)cc1. The standard InChI is InChI=1S/C16H21ClN2S/c1-16(2,3)15-18-14(13(20-15)10-19(4)5)11-6-8-12(17)9-7-11/h6-9H,10H2,1-5H3. The minimum atomic E-state index is 0.0798. The first kappa shape index (κ1) is 15.5. The smallest absolute Gasteiger partial charge is 0.0989 e. The fraction of sp³-hybridized carbons (Fsp3) is 0.438. The van der Waals surface area contributed by atoms with Crippen LogP contribution in [0.15, 0.2) is 24.3 Å². The van der Waals surface area contributed by atoms with E-state index in [-0.39, 0.29) is 5.41 Å². The molecule has 1 aromatic heterocycles. The number of benzene rings is 1. The van der Waals surface area contributed by atoms with Gasteiger partial charge in [-0.05, 0) is 26.2 Å². The van der Waals surface area contributed by atoms with Gasteiger partial charge in [0.15, 0.2) is 0 Å². The van der Waals surface area contributed by atoms with Gasteiger partial charge in [-0.1, -0.05) is 44.5 Å². The average molecular weight is 309 g/mol. The lowest BCUT2D eigenvalue weighted by atomic mass is 9.98. The Bertz CT molecular complexity index is 580. The number of thiazole rings is 1. The highest BCUT2D eigenvalue weighted by atomic mass is 35.5. The zero-order valence-electron chi connectivity index (χ0n) is 12.7. The molecule has 0 bridgehead atoms. The Morgan fingerprint density at radius 1 is 1.15 bits per heavy atom. The molecule has 0 aliphatic heterocycles. The van der Waals surface area contributed by atoms with Crippen LogP contribution in [0.25, 0.3) is 11.3 Å². The monoisotopic (exact) mass is 308 g/mol. The first-order chi connectivity index (χ1) is 9.27. The van der Waals surface area contributed by atoms with E-state index in [1.54, 1.807) is 0 Å². The molecule has 0 aliphatic carbocycles. The molecule has 2 nitrogen and oxygen atoms in total. The molecular weight excluding hydrogens is 288 g/mol. The molecule has 2 aromatic rings. The van der Waals surface area contributed by atoms with Gasteiger partial charge in [0.05, 0.1) is 10.7 Å². The molecule has 0 atom stereocenters. The Balaban J connectivity index is 2.49. The molecule has 4 heteroatoms. The molecule has 0 amide bonds. The van der Waals surface area contributed by atoms with Crippen LogP contribution in [-0.4, -0.2) is 24.0 Å². The maximum Gasteiger partial charge on any atom is 0.0989 e. The second kappa shape index (κ2) is 5.84. The van der Waals surface area contributed by atoms with Crippen molar-refractivity contribution in [3.05, 3.63) is 39.2 Å². The van der Waals surface area contributed by atoms with Crippen LogP contribution in [0.1, 0.15) is 30.7 Å². The third kappa shape index (κ3) is 3.60. The van der Waals surface area contributed by atoms with Gasteiger partial charge in [0.1, 0.15) is 0 Å². The normalized spacial score (nSPS) is 12.2. The van der Waals surface area contributed by atoms with E-state index in [1.165, 1.54) is 9.88 Å². The van der Waals surface area contributed by atoms with Crippen molar-refractivity contribution in [1.82, 2.24) is 9.88 Å². The van der Waals surface area contributed by atoms with Gasteiger partial charge in [0, 0.05) is 27.4 Å². The van der Waals surface area contributed by atoms with Gasteiger partial charge in [-0.3, -0.25) is 0 Å². The fourth-order valence-electron chi connectivity index (χ4n) is 1.90. The van der Waals surface area contributed by atoms with Crippen molar-refractivity contribution < 1.29 is 0 Å². The van der Waals surface area contributed by atoms with Gasteiger partial charge in [0.2, 0.25) is 0 Å². The van der Waals surface area contributed by atoms with Crippen LogP contribution in [0, 0.1) is 0 Å². The van der Waals surface area contributed by atoms with E-state index in [1.807, 2.05) is 35.6 Å². The quantitative estimate of drug-likeness (QED) is 0.808. The summed E-state index contributed by atoms with van der Waals surface area (Å²) in [6.45, 7) is 7.52. The minimum absolute atomic E-state index is 0.0798. The van der Waals surface area contributed by atoms with E-state index < -0.39 is 0 Å². The van der Waals surface area contributed by atoms with E-state index in [2.05, 4.69) is 39.8 Å². The van der Waals surface area contributed by atoms with Crippen LogP contribution in [-0.2, 0) is 12.0 Å². The summed E-state index contributed by atoms with van der Waals surface area (Å²) in [7, 11) is 4.17. The second-order valence-electron chi connectivity index (χ2n) is 6.29. The van der Waals surface area contributed by atoms with E-state index >= 15 is 0 Å². The van der Waals surface area contributed by atoms with Crippen molar-refractivity contribution in [3.63, 3.8) is 0 Å². The molecule has 0 radical (unpaired) electrons. The van der Waals surface area contributed by atoms with Crippen LogP contribution in [0.5, 0.6) is 0 Å². The van der Waals surface area contributed by atoms with Crippen molar-refractivity contribution in [2.24, 2.45) is 0 Å². The summed E-state index contributed by atoms with van der Waals surface area (Å²) in [6, 6.07) is 7.94. The molecule has 0 spiro atoms. The highest BCUT2D eigenvalue weighted by Gasteiger charge is 2.22. The van der Waals surface area contributed by atoms with Gasteiger partial charge in [-0.2, -0.15) is 0 Å². The van der Waals surface area contributed by atoms with Crippen LogP contribution in [0.3, 0.4) is 0 Å². The van der Waals surface area contributed by atoms with Crippen LogP contribution in [0.4, 0.5) is 0 Å². The predicted octanol–water partition coefficient (Wildman–Crippen LogP) is 4.82. The number of aromatic nitrogens is 1. The third-order valence-electron chi connectivity index (χ3n) is 2.92. The molecule has 0 saturated heterocycles. The maximum atomic E-state index is 5.98. The molecule has 0 fully saturated rings. The molecule has 0 saturated carbocycles. The van der Waals surface area contributed by atoms with Crippen LogP contribution < -0.4 is 0 Å². The lowest BCUT2D eigenvalue weighted by Crippen LogP contribution is -2.10. The van der Waals surface area contributed by atoms with Crippen LogP contribution in [0.2, 0.25) is 5.02 Å². The zero-order valence-corrected chi connectivity index (χ0v) is 14.3. The number of rotatable bonds is 3. The lowest BCUT2D eigenvalue weighted by Gasteiger charge is -2.13. The number of halogens is 1. The highest BCUT2D eigenvalue weighted by molar-refractivity contribution is 7.12. The van der Waals surface area contributed by atoms with Crippen molar-refractivity contribution in [3.8, 4) is 11.3 Å². The van der Waals surface area contributed by atoms with Crippen molar-refractivity contribution in [2.45, 2.75) is 32.7 Å². The summed E-state index contributed by atoms with van der Waals surface area (Å²) in [4.78, 5) is 8.37. The Labute approximate surface area is 130 Å². The van der Waals surface area contributed by atoms with Crippen molar-refractivity contribution in [1.29, 1.82) is 0 Å². The second-order valence-corrected chi connectivity index (χ2v) is 7.81. The Morgan fingerprint density at radius 3 is 2.25 bits per heavy atom. The average Bonchev–Trinajstić information content (AvgIpc) is 2.73. The summed E-state index contributed by atoms with van der Waals surface area (Å²) in [5.41, 5.74) is 2.31. The zero-order chi connectivity index (χ0) is 14.9. The lowest BCUT2D eigenvalue weighted by molar-refractivity contribution is 0.406. The summed E-state index contributed by atoms with van der Waals surface area (Å²) in [5.74, 6) is 0. The van der Waals surface area contributed by atoms with Gasteiger partial charge >= 0.3 is 0 Å². The largest absolute Gasteiger partial charge is 0.304 e. The molecule has 0 aliphatic rings. The molecular formula is C16H21ClN2S. The Hall–Kier alpha value is -0.900. The van der Waals surface area contributed by atoms with Gasteiger partial charge in [-0.15, -0.1) is 11.3 Å². The Kier molecular flexibility index (Phi) is 4.52.